The molecule has 2 fully saturated rings. The number of rotatable bonds is 1. The Hall–Kier alpha value is -1.36. The van der Waals surface area contributed by atoms with E-state index in [4.69, 9.17) is 11.6 Å². The molecule has 1 amide bonds. The van der Waals surface area contributed by atoms with Gasteiger partial charge < -0.3 is 4.90 Å². The van der Waals surface area contributed by atoms with Crippen LogP contribution in [0.3, 0.4) is 0 Å². The Kier molecular flexibility index (Phi) is 2.86. The predicted molar refractivity (Wildman–Crippen MR) is 66.7 cm³/mol. The van der Waals surface area contributed by atoms with Crippen molar-refractivity contribution in [1.29, 1.82) is 0 Å². The van der Waals surface area contributed by atoms with E-state index in [1.54, 1.807) is 0 Å². The van der Waals surface area contributed by atoms with Crippen LogP contribution in [-0.2, 0) is 0 Å². The lowest BCUT2D eigenvalue weighted by molar-refractivity contribution is 0.0592. The molecular weight excluding hydrogens is 254 g/mol. The summed E-state index contributed by atoms with van der Waals surface area (Å²) in [6, 6.07) is 3.27. The maximum atomic E-state index is 12.4. The van der Waals surface area contributed by atoms with E-state index < -0.39 is 0 Å². The van der Waals surface area contributed by atoms with E-state index in [0.717, 1.165) is 25.7 Å². The third kappa shape index (κ3) is 1.92. The number of hydrogen-bond donors (Lipinski definition) is 1. The quantitative estimate of drug-likeness (QED) is 0.776. The summed E-state index contributed by atoms with van der Waals surface area (Å²) in [5.74, 6) is -0.0951. The molecule has 1 N–H and O–H groups in total. The number of hydrogen-bond acceptors (Lipinski definition) is 3. The van der Waals surface area contributed by atoms with Gasteiger partial charge in [-0.15, -0.1) is 11.6 Å². The maximum absolute atomic E-state index is 12.4. The van der Waals surface area contributed by atoms with Gasteiger partial charge in [0, 0.05) is 23.5 Å². The number of fused-ring (bicyclic) bond motifs is 2. The zero-order chi connectivity index (χ0) is 12.7. The molecule has 3 rings (SSSR count). The second-order valence-corrected chi connectivity index (χ2v) is 5.59. The zero-order valence-corrected chi connectivity index (χ0v) is 10.6. The Labute approximate surface area is 109 Å². The SMILES string of the molecule is O=C(c1ccc(=O)[nH]n1)N1C2CCC1CC(Cl)C2. The van der Waals surface area contributed by atoms with E-state index in [1.807, 2.05) is 4.90 Å². The summed E-state index contributed by atoms with van der Waals surface area (Å²) in [7, 11) is 0. The van der Waals surface area contributed by atoms with Crippen molar-refractivity contribution in [2.75, 3.05) is 0 Å². The number of amides is 1. The first kappa shape index (κ1) is 11.7. The van der Waals surface area contributed by atoms with Gasteiger partial charge in [0.05, 0.1) is 0 Å². The fraction of sp³-hybridized carbons (Fsp3) is 0.583. The molecule has 0 saturated carbocycles. The van der Waals surface area contributed by atoms with Crippen molar-refractivity contribution in [3.05, 3.63) is 28.2 Å². The molecule has 1 aromatic rings. The Morgan fingerprint density at radius 1 is 1.33 bits per heavy atom. The van der Waals surface area contributed by atoms with Gasteiger partial charge in [0.1, 0.15) is 5.69 Å². The lowest BCUT2D eigenvalue weighted by Crippen LogP contribution is -2.47. The number of halogens is 1. The fourth-order valence-electron chi connectivity index (χ4n) is 3.04. The van der Waals surface area contributed by atoms with E-state index in [0.29, 0.717) is 5.69 Å². The van der Waals surface area contributed by atoms with Crippen LogP contribution in [0.15, 0.2) is 16.9 Å². The van der Waals surface area contributed by atoms with E-state index in [1.165, 1.54) is 12.1 Å². The highest BCUT2D eigenvalue weighted by molar-refractivity contribution is 6.20. The van der Waals surface area contributed by atoms with E-state index in [2.05, 4.69) is 10.2 Å². The second kappa shape index (κ2) is 4.39. The van der Waals surface area contributed by atoms with Gasteiger partial charge in [0.2, 0.25) is 0 Å². The molecule has 2 bridgehead atoms. The predicted octanol–water partition coefficient (Wildman–Crippen LogP) is 1.14. The molecule has 2 aliphatic rings. The minimum Gasteiger partial charge on any atom is -0.331 e. The summed E-state index contributed by atoms with van der Waals surface area (Å²) < 4.78 is 0. The number of carbonyl (C=O) groups excluding carboxylic acids is 1. The molecule has 1 aromatic heterocycles. The molecule has 5 nitrogen and oxygen atoms in total. The molecule has 0 aliphatic carbocycles. The second-order valence-electron chi connectivity index (χ2n) is 4.97. The normalized spacial score (nSPS) is 30.5. The zero-order valence-electron chi connectivity index (χ0n) is 9.80. The monoisotopic (exact) mass is 267 g/mol. The van der Waals surface area contributed by atoms with Crippen LogP contribution in [0.25, 0.3) is 0 Å². The molecule has 0 radical (unpaired) electrons. The maximum Gasteiger partial charge on any atom is 0.274 e. The summed E-state index contributed by atoms with van der Waals surface area (Å²) in [5, 5.41) is 6.28. The number of aromatic amines is 1. The molecule has 3 heterocycles. The summed E-state index contributed by atoms with van der Waals surface area (Å²) in [6.07, 6.45) is 3.74. The Bertz CT molecular complexity index is 496. The molecule has 96 valence electrons. The largest absolute Gasteiger partial charge is 0.331 e. The Morgan fingerprint density at radius 2 is 2.00 bits per heavy atom. The molecule has 6 heteroatoms. The molecule has 2 atom stereocenters. The number of alkyl halides is 1. The first-order valence-electron chi connectivity index (χ1n) is 6.17. The lowest BCUT2D eigenvalue weighted by Gasteiger charge is -2.36. The third-order valence-electron chi connectivity index (χ3n) is 3.81. The van der Waals surface area contributed by atoms with E-state index >= 15 is 0 Å². The van der Waals surface area contributed by atoms with Crippen LogP contribution in [0.4, 0.5) is 0 Å². The van der Waals surface area contributed by atoms with Gasteiger partial charge in [0.15, 0.2) is 0 Å². The van der Waals surface area contributed by atoms with Crippen LogP contribution in [0.1, 0.15) is 36.2 Å². The first-order chi connectivity index (χ1) is 8.65. The minimum absolute atomic E-state index is 0.0951. The van der Waals surface area contributed by atoms with Crippen molar-refractivity contribution in [2.45, 2.75) is 43.1 Å². The van der Waals surface area contributed by atoms with Gasteiger partial charge in [-0.05, 0) is 31.7 Å². The number of carbonyl (C=O) groups is 1. The molecule has 2 saturated heterocycles. The molecule has 18 heavy (non-hydrogen) atoms. The van der Waals surface area contributed by atoms with Gasteiger partial charge in [0.25, 0.3) is 11.5 Å². The highest BCUT2D eigenvalue weighted by atomic mass is 35.5. The van der Waals surface area contributed by atoms with Gasteiger partial charge in [-0.25, -0.2) is 5.10 Å². The van der Waals surface area contributed by atoms with E-state index in [-0.39, 0.29) is 28.9 Å². The lowest BCUT2D eigenvalue weighted by atomic mass is 10.0. The Balaban J connectivity index is 1.85. The van der Waals surface area contributed by atoms with Crippen LogP contribution in [-0.4, -0.2) is 38.5 Å². The number of H-pyrrole nitrogens is 1. The smallest absolute Gasteiger partial charge is 0.274 e. The van der Waals surface area contributed by atoms with Crippen LogP contribution in [0.5, 0.6) is 0 Å². The standard InChI is InChI=1S/C12H14ClN3O2/c13-7-5-8-1-2-9(6-7)16(8)12(18)10-3-4-11(17)15-14-10/h3-4,7-9H,1-2,5-6H2,(H,15,17). The average Bonchev–Trinajstić information content (AvgIpc) is 2.62. The van der Waals surface area contributed by atoms with Crippen LogP contribution in [0.2, 0.25) is 0 Å². The number of piperidine rings is 1. The van der Waals surface area contributed by atoms with Crippen molar-refractivity contribution in [3.63, 3.8) is 0 Å². The third-order valence-corrected chi connectivity index (χ3v) is 4.16. The topological polar surface area (TPSA) is 66.1 Å². The average molecular weight is 268 g/mol. The van der Waals surface area contributed by atoms with Crippen molar-refractivity contribution in [2.24, 2.45) is 0 Å². The molecule has 2 aliphatic heterocycles. The van der Waals surface area contributed by atoms with Crippen LogP contribution >= 0.6 is 11.6 Å². The highest BCUT2D eigenvalue weighted by Crippen LogP contribution is 2.38. The van der Waals surface area contributed by atoms with Gasteiger partial charge in [-0.1, -0.05) is 0 Å². The van der Waals surface area contributed by atoms with Gasteiger partial charge in [-0.3, -0.25) is 9.59 Å². The number of nitrogens with zero attached hydrogens (tertiary/aromatic N) is 2. The van der Waals surface area contributed by atoms with Crippen molar-refractivity contribution in [1.82, 2.24) is 15.1 Å². The first-order valence-corrected chi connectivity index (χ1v) is 6.61. The highest BCUT2D eigenvalue weighted by Gasteiger charge is 2.43. The summed E-state index contributed by atoms with van der Waals surface area (Å²) in [6.45, 7) is 0. The van der Waals surface area contributed by atoms with Gasteiger partial charge in [-0.2, -0.15) is 5.10 Å². The summed E-state index contributed by atoms with van der Waals surface area (Å²) in [5.41, 5.74) is 0.00788. The molecular formula is C12H14ClN3O2. The molecule has 2 unspecified atom stereocenters. The molecule has 0 spiro atoms. The molecule has 0 aromatic carbocycles. The van der Waals surface area contributed by atoms with Crippen LogP contribution in [0, 0.1) is 0 Å². The van der Waals surface area contributed by atoms with Gasteiger partial charge >= 0.3 is 0 Å². The van der Waals surface area contributed by atoms with Crippen LogP contribution < -0.4 is 5.56 Å². The van der Waals surface area contributed by atoms with Crippen molar-refractivity contribution in [3.8, 4) is 0 Å². The summed E-state index contributed by atoms with van der Waals surface area (Å²) in [4.78, 5) is 25.2. The number of nitrogens with one attached hydrogen (secondary N) is 1. The minimum atomic E-state index is -0.297. The van der Waals surface area contributed by atoms with Crippen molar-refractivity contribution < 1.29 is 4.79 Å². The summed E-state index contributed by atoms with van der Waals surface area (Å²) >= 11 is 6.18. The van der Waals surface area contributed by atoms with E-state index in [9.17, 15) is 9.59 Å². The Morgan fingerprint density at radius 3 is 2.56 bits per heavy atom. The van der Waals surface area contributed by atoms with Crippen molar-refractivity contribution >= 4 is 17.5 Å². The number of aromatic nitrogens is 2. The fourth-order valence-corrected chi connectivity index (χ4v) is 3.45.